The topological polar surface area (TPSA) is 52.9 Å². The Morgan fingerprint density at radius 2 is 1.97 bits per heavy atom. The van der Waals surface area contributed by atoms with Gasteiger partial charge >= 0.3 is 0 Å². The second kappa shape index (κ2) is 10.1. The number of ether oxygens (including phenoxy) is 1. The third-order valence-electron chi connectivity index (χ3n) is 9.40. The lowest BCUT2D eigenvalue weighted by atomic mass is 9.61. The number of fused-ring (bicyclic) bond motifs is 1. The smallest absolute Gasteiger partial charge is 0.0809 e. The fourth-order valence-corrected chi connectivity index (χ4v) is 7.30. The summed E-state index contributed by atoms with van der Waals surface area (Å²) in [5.41, 5.74) is 3.74. The van der Waals surface area contributed by atoms with Crippen LogP contribution in [0.1, 0.15) is 72.1 Å². The van der Waals surface area contributed by atoms with Gasteiger partial charge in [-0.05, 0) is 93.6 Å². The molecule has 4 aliphatic rings. The van der Waals surface area contributed by atoms with Crippen LogP contribution in [-0.4, -0.2) is 59.7 Å². The predicted octanol–water partition coefficient (Wildman–Crippen LogP) is 4.87. The van der Waals surface area contributed by atoms with Crippen molar-refractivity contribution in [2.75, 3.05) is 26.3 Å². The highest BCUT2D eigenvalue weighted by Crippen LogP contribution is 2.59. The van der Waals surface area contributed by atoms with Crippen LogP contribution < -0.4 is 0 Å². The van der Waals surface area contributed by atoms with Crippen LogP contribution in [0.2, 0.25) is 0 Å². The molecule has 4 fully saturated rings. The molecule has 0 radical (unpaired) electrons. The highest BCUT2D eigenvalue weighted by atomic mass is 16.5. The minimum atomic E-state index is -0.606. The molecule has 1 saturated heterocycles. The van der Waals surface area contributed by atoms with Gasteiger partial charge in [0.05, 0.1) is 25.4 Å². The van der Waals surface area contributed by atoms with Crippen molar-refractivity contribution in [1.29, 1.82) is 0 Å². The molecule has 0 bridgehead atoms. The molecule has 0 aromatic heterocycles. The Balaban J connectivity index is 1.40. The van der Waals surface area contributed by atoms with Crippen LogP contribution in [0.4, 0.5) is 0 Å². The number of aliphatic hydroxyl groups is 2. The third kappa shape index (κ3) is 4.94. The van der Waals surface area contributed by atoms with E-state index in [2.05, 4.69) is 44.4 Å². The van der Waals surface area contributed by atoms with Crippen molar-refractivity contribution < 1.29 is 14.9 Å². The molecule has 4 rings (SSSR count). The lowest BCUT2D eigenvalue weighted by Crippen LogP contribution is -2.45. The van der Waals surface area contributed by atoms with Crippen LogP contribution in [-0.2, 0) is 4.74 Å². The van der Waals surface area contributed by atoms with Gasteiger partial charge in [0.25, 0.3) is 0 Å². The molecule has 0 amide bonds. The molecule has 3 saturated carbocycles. The minimum Gasteiger partial charge on any atom is -0.388 e. The molecule has 4 heteroatoms. The lowest BCUT2D eigenvalue weighted by Gasteiger charge is -2.45. The zero-order chi connectivity index (χ0) is 22.9. The number of hydrogen-bond acceptors (Lipinski definition) is 4. The van der Waals surface area contributed by atoms with Crippen molar-refractivity contribution in [3.05, 3.63) is 35.5 Å². The molecule has 32 heavy (non-hydrogen) atoms. The molecule has 4 nitrogen and oxygen atoms in total. The van der Waals surface area contributed by atoms with Crippen molar-refractivity contribution in [2.45, 2.75) is 90.4 Å². The molecule has 7 atom stereocenters. The Hall–Kier alpha value is -0.940. The molecule has 0 aromatic rings. The van der Waals surface area contributed by atoms with Crippen molar-refractivity contribution in [1.82, 2.24) is 4.90 Å². The zero-order valence-electron chi connectivity index (χ0n) is 20.6. The largest absolute Gasteiger partial charge is 0.388 e. The van der Waals surface area contributed by atoms with Gasteiger partial charge in [-0.25, -0.2) is 0 Å². The Morgan fingerprint density at radius 3 is 2.69 bits per heavy atom. The summed E-state index contributed by atoms with van der Waals surface area (Å²) in [5, 5.41) is 20.3. The summed E-state index contributed by atoms with van der Waals surface area (Å²) in [4.78, 5) is 2.62. The Bertz CT molecular complexity index is 727. The highest BCUT2D eigenvalue weighted by molar-refractivity contribution is 5.29. The maximum absolute atomic E-state index is 10.2. The summed E-state index contributed by atoms with van der Waals surface area (Å²) in [5.74, 6) is 2.26. The van der Waals surface area contributed by atoms with E-state index < -0.39 is 12.2 Å². The average Bonchev–Trinajstić information content (AvgIpc) is 3.12. The number of nitrogens with zero attached hydrogens (tertiary/aromatic N) is 1. The van der Waals surface area contributed by atoms with E-state index in [-0.39, 0.29) is 0 Å². The number of morpholine rings is 1. The van der Waals surface area contributed by atoms with Crippen molar-refractivity contribution in [2.24, 2.45) is 23.2 Å². The van der Waals surface area contributed by atoms with Crippen LogP contribution in [0.15, 0.2) is 35.5 Å². The van der Waals surface area contributed by atoms with Gasteiger partial charge in [-0.1, -0.05) is 43.7 Å². The number of rotatable bonds is 5. The highest BCUT2D eigenvalue weighted by Gasteiger charge is 2.50. The van der Waals surface area contributed by atoms with Gasteiger partial charge in [-0.2, -0.15) is 0 Å². The van der Waals surface area contributed by atoms with E-state index in [1.165, 1.54) is 45.1 Å². The van der Waals surface area contributed by atoms with Crippen molar-refractivity contribution in [3.63, 3.8) is 0 Å². The van der Waals surface area contributed by atoms with Gasteiger partial charge in [0.15, 0.2) is 0 Å². The van der Waals surface area contributed by atoms with Crippen molar-refractivity contribution in [3.8, 4) is 0 Å². The molecule has 180 valence electrons. The first-order valence-electron chi connectivity index (χ1n) is 13.0. The second-order valence-corrected chi connectivity index (χ2v) is 11.4. The normalized spacial score (nSPS) is 41.0. The van der Waals surface area contributed by atoms with Gasteiger partial charge in [-0.15, -0.1) is 0 Å². The van der Waals surface area contributed by atoms with E-state index in [9.17, 15) is 10.2 Å². The van der Waals surface area contributed by atoms with Gasteiger partial charge in [0.2, 0.25) is 0 Å². The van der Waals surface area contributed by atoms with Crippen molar-refractivity contribution >= 4 is 0 Å². The van der Waals surface area contributed by atoms with Gasteiger partial charge in [-0.3, -0.25) is 4.90 Å². The average molecular weight is 444 g/mol. The lowest BCUT2D eigenvalue weighted by molar-refractivity contribution is -0.00570. The first kappa shape index (κ1) is 24.2. The summed E-state index contributed by atoms with van der Waals surface area (Å²) in [6, 6.07) is 0.550. The van der Waals surface area contributed by atoms with Crippen LogP contribution >= 0.6 is 0 Å². The minimum absolute atomic E-state index is 0.415. The molecular weight excluding hydrogens is 398 g/mol. The van der Waals surface area contributed by atoms with Crippen LogP contribution in [0.3, 0.4) is 0 Å². The summed E-state index contributed by atoms with van der Waals surface area (Å²) in [6.45, 7) is 15.2. The van der Waals surface area contributed by atoms with Crippen LogP contribution in [0.25, 0.3) is 0 Å². The summed E-state index contributed by atoms with van der Waals surface area (Å²) in [7, 11) is 0. The predicted molar refractivity (Wildman–Crippen MR) is 130 cm³/mol. The Morgan fingerprint density at radius 1 is 1.22 bits per heavy atom. The number of hydrogen-bond donors (Lipinski definition) is 2. The molecule has 1 aliphatic heterocycles. The quantitative estimate of drug-likeness (QED) is 0.595. The maximum atomic E-state index is 10.2. The third-order valence-corrected chi connectivity index (χ3v) is 9.40. The van der Waals surface area contributed by atoms with Gasteiger partial charge < -0.3 is 14.9 Å². The molecule has 1 heterocycles. The summed E-state index contributed by atoms with van der Waals surface area (Å²) >= 11 is 0. The molecule has 0 unspecified atom stereocenters. The van der Waals surface area contributed by atoms with E-state index in [0.29, 0.717) is 35.8 Å². The molecule has 2 N–H and O–H groups in total. The fraction of sp³-hybridized carbons (Fsp3) is 0.786. The van der Waals surface area contributed by atoms with Crippen LogP contribution in [0, 0.1) is 23.2 Å². The van der Waals surface area contributed by atoms with Gasteiger partial charge in [0.1, 0.15) is 0 Å². The van der Waals surface area contributed by atoms with Gasteiger partial charge in [0, 0.05) is 12.6 Å². The fourth-order valence-electron chi connectivity index (χ4n) is 7.30. The molecule has 0 spiro atoms. The molecular formula is C28H45NO3. The first-order chi connectivity index (χ1) is 15.3. The maximum Gasteiger partial charge on any atom is 0.0809 e. The summed E-state index contributed by atoms with van der Waals surface area (Å²) in [6.07, 6.45) is 12.4. The molecule has 0 aromatic carbocycles. The van der Waals surface area contributed by atoms with E-state index in [0.717, 1.165) is 37.2 Å². The standard InChI is InChI=1S/C28H45NO3/c1-19(11-13-29-14-15-32-18-20(29)2)24-9-10-25-23(6-5-12-28(24,25)4)8-7-22-16-26(30)21(3)27(31)17-22/h7-8,19-20,24-27,30-31H,3,5-6,9-18H2,1-2,4H3/b23-8+/t19-,20+,24-,25+,26-,27-,28-/m1/s1. The zero-order valence-corrected chi connectivity index (χ0v) is 20.6. The second-order valence-electron chi connectivity index (χ2n) is 11.4. The van der Waals surface area contributed by atoms with E-state index in [1.807, 2.05) is 0 Å². The van der Waals surface area contributed by atoms with Crippen LogP contribution in [0.5, 0.6) is 0 Å². The van der Waals surface area contributed by atoms with E-state index >= 15 is 0 Å². The number of allylic oxidation sites excluding steroid dienone is 3. The Kier molecular flexibility index (Phi) is 7.66. The Labute approximate surface area is 195 Å². The SMILES string of the molecule is C=C1[C@H](O)CC(=C/C=C2\CCC[C@]3(C)[C@@H]([C@H](C)CCN4CCOC[C@@H]4C)CC[C@@H]23)C[C@H]1O. The summed E-state index contributed by atoms with van der Waals surface area (Å²) < 4.78 is 5.62. The monoisotopic (exact) mass is 443 g/mol. The van der Waals surface area contributed by atoms with E-state index in [4.69, 9.17) is 4.74 Å². The van der Waals surface area contributed by atoms with E-state index in [1.54, 1.807) is 5.57 Å². The first-order valence-corrected chi connectivity index (χ1v) is 13.0. The molecule has 3 aliphatic carbocycles. The number of aliphatic hydroxyl groups excluding tert-OH is 2.